The number of amides is 2. The Morgan fingerprint density at radius 3 is 2.88 bits per heavy atom. The first-order valence-corrected chi connectivity index (χ1v) is 8.28. The largest absolute Gasteiger partial charge is 0.491 e. The van der Waals surface area contributed by atoms with Gasteiger partial charge in [0.15, 0.2) is 0 Å². The molecule has 1 atom stereocenters. The highest BCUT2D eigenvalue weighted by Crippen LogP contribution is 2.19. The van der Waals surface area contributed by atoms with Crippen LogP contribution in [0.5, 0.6) is 5.75 Å². The zero-order chi connectivity index (χ0) is 17.5. The molecule has 2 rings (SSSR count). The van der Waals surface area contributed by atoms with Gasteiger partial charge >= 0.3 is 6.03 Å². The van der Waals surface area contributed by atoms with Crippen LogP contribution in [0.3, 0.4) is 0 Å². The number of carbonyl (C=O) groups is 1. The molecule has 0 saturated heterocycles. The smallest absolute Gasteiger partial charge is 0.319 e. The number of nitrogens with zero attached hydrogens (tertiary/aromatic N) is 2. The van der Waals surface area contributed by atoms with E-state index in [2.05, 4.69) is 22.7 Å². The van der Waals surface area contributed by atoms with Crippen molar-refractivity contribution in [1.82, 2.24) is 15.1 Å². The maximum Gasteiger partial charge on any atom is 0.319 e. The van der Waals surface area contributed by atoms with Crippen molar-refractivity contribution in [2.45, 2.75) is 39.7 Å². The van der Waals surface area contributed by atoms with Crippen LogP contribution in [-0.2, 0) is 13.5 Å². The average molecular weight is 330 g/mol. The van der Waals surface area contributed by atoms with E-state index < -0.39 is 0 Å². The molecule has 6 nitrogen and oxygen atoms in total. The molecule has 1 aromatic heterocycles. The van der Waals surface area contributed by atoms with E-state index in [4.69, 9.17) is 4.74 Å². The molecule has 2 amide bonds. The number of ether oxygens (including phenoxy) is 1. The Labute approximate surface area is 143 Å². The minimum Gasteiger partial charge on any atom is -0.491 e. The Morgan fingerprint density at radius 2 is 2.21 bits per heavy atom. The molecule has 2 N–H and O–H groups in total. The highest BCUT2D eigenvalue weighted by Gasteiger charge is 2.07. The van der Waals surface area contributed by atoms with Gasteiger partial charge in [-0.25, -0.2) is 4.79 Å². The minimum absolute atomic E-state index is 0.150. The Balaban J connectivity index is 1.81. The van der Waals surface area contributed by atoms with Gasteiger partial charge in [0, 0.05) is 31.0 Å². The molecule has 1 aromatic carbocycles. The predicted octanol–water partition coefficient (Wildman–Crippen LogP) is 3.27. The third-order valence-corrected chi connectivity index (χ3v) is 4.02. The standard InChI is InChI=1S/C18H26N4O2/c1-5-13(2)24-17-8-6-7-16(11-17)21-18(23)19-10-9-15-12-20-22(4)14(15)3/h6-8,11-13H,5,9-10H2,1-4H3,(H2,19,21,23)/t13-/m0/s1. The van der Waals surface area contributed by atoms with Crippen LogP contribution in [0, 0.1) is 6.92 Å². The molecule has 0 bridgehead atoms. The van der Waals surface area contributed by atoms with Crippen molar-refractivity contribution in [3.63, 3.8) is 0 Å². The zero-order valence-electron chi connectivity index (χ0n) is 14.8. The van der Waals surface area contributed by atoms with Crippen LogP contribution in [0.2, 0.25) is 0 Å². The lowest BCUT2D eigenvalue weighted by molar-refractivity contribution is 0.217. The van der Waals surface area contributed by atoms with Gasteiger partial charge in [0.25, 0.3) is 0 Å². The molecule has 1 heterocycles. The van der Waals surface area contributed by atoms with Gasteiger partial charge in [0.2, 0.25) is 0 Å². The molecule has 0 aliphatic heterocycles. The van der Waals surface area contributed by atoms with E-state index in [9.17, 15) is 4.79 Å². The Hall–Kier alpha value is -2.50. The lowest BCUT2D eigenvalue weighted by Gasteiger charge is -2.14. The fraction of sp³-hybridized carbons (Fsp3) is 0.444. The van der Waals surface area contributed by atoms with Crippen LogP contribution in [0.4, 0.5) is 10.5 Å². The second-order valence-electron chi connectivity index (χ2n) is 5.87. The molecular weight excluding hydrogens is 304 g/mol. The third kappa shape index (κ3) is 5.01. The number of urea groups is 1. The molecule has 0 unspecified atom stereocenters. The second-order valence-corrected chi connectivity index (χ2v) is 5.87. The van der Waals surface area contributed by atoms with Gasteiger partial charge < -0.3 is 15.4 Å². The number of carbonyl (C=O) groups excluding carboxylic acids is 1. The summed E-state index contributed by atoms with van der Waals surface area (Å²) in [6.45, 7) is 6.67. The molecule has 0 radical (unpaired) electrons. The maximum absolute atomic E-state index is 12.0. The fourth-order valence-electron chi connectivity index (χ4n) is 2.24. The first-order chi connectivity index (χ1) is 11.5. The first kappa shape index (κ1) is 17.8. The summed E-state index contributed by atoms with van der Waals surface area (Å²) < 4.78 is 7.59. The number of nitrogens with one attached hydrogen (secondary N) is 2. The first-order valence-electron chi connectivity index (χ1n) is 8.28. The van der Waals surface area contributed by atoms with Gasteiger partial charge in [-0.2, -0.15) is 5.10 Å². The topological polar surface area (TPSA) is 68.2 Å². The van der Waals surface area contributed by atoms with E-state index in [1.54, 1.807) is 0 Å². The van der Waals surface area contributed by atoms with Crippen molar-refractivity contribution in [2.24, 2.45) is 7.05 Å². The molecule has 0 saturated carbocycles. The normalized spacial score (nSPS) is 11.8. The quantitative estimate of drug-likeness (QED) is 0.819. The monoisotopic (exact) mass is 330 g/mol. The van der Waals surface area contributed by atoms with Crippen LogP contribution in [0.15, 0.2) is 30.5 Å². The lowest BCUT2D eigenvalue weighted by atomic mass is 10.2. The number of hydrogen-bond acceptors (Lipinski definition) is 3. The van der Waals surface area contributed by atoms with Crippen molar-refractivity contribution in [1.29, 1.82) is 0 Å². The highest BCUT2D eigenvalue weighted by atomic mass is 16.5. The fourth-order valence-corrected chi connectivity index (χ4v) is 2.24. The molecule has 0 aliphatic rings. The van der Waals surface area contributed by atoms with Crippen LogP contribution in [0.25, 0.3) is 0 Å². The van der Waals surface area contributed by atoms with E-state index in [0.29, 0.717) is 12.2 Å². The maximum atomic E-state index is 12.0. The summed E-state index contributed by atoms with van der Waals surface area (Å²) in [5.41, 5.74) is 2.97. The van der Waals surface area contributed by atoms with Crippen molar-refractivity contribution >= 4 is 11.7 Å². The van der Waals surface area contributed by atoms with E-state index in [-0.39, 0.29) is 12.1 Å². The van der Waals surface area contributed by atoms with Crippen molar-refractivity contribution < 1.29 is 9.53 Å². The van der Waals surface area contributed by atoms with Gasteiger partial charge in [-0.3, -0.25) is 4.68 Å². The van der Waals surface area contributed by atoms with Crippen LogP contribution in [-0.4, -0.2) is 28.5 Å². The molecule has 0 spiro atoms. The summed E-state index contributed by atoms with van der Waals surface area (Å²) in [6.07, 6.45) is 3.68. The minimum atomic E-state index is -0.225. The van der Waals surface area contributed by atoms with Gasteiger partial charge in [0.1, 0.15) is 5.75 Å². The average Bonchev–Trinajstić information content (AvgIpc) is 2.87. The number of anilines is 1. The van der Waals surface area contributed by atoms with Gasteiger partial charge in [0.05, 0.1) is 12.3 Å². The SMILES string of the molecule is CC[C@H](C)Oc1cccc(NC(=O)NCCc2cnn(C)c2C)c1. The highest BCUT2D eigenvalue weighted by molar-refractivity contribution is 5.89. The van der Waals surface area contributed by atoms with E-state index >= 15 is 0 Å². The van der Waals surface area contributed by atoms with Gasteiger partial charge in [-0.1, -0.05) is 13.0 Å². The molecular formula is C18H26N4O2. The van der Waals surface area contributed by atoms with Crippen molar-refractivity contribution in [3.05, 3.63) is 41.7 Å². The number of aromatic nitrogens is 2. The van der Waals surface area contributed by atoms with Crippen LogP contribution >= 0.6 is 0 Å². The molecule has 0 fully saturated rings. The van der Waals surface area contributed by atoms with Gasteiger partial charge in [-0.05, 0) is 44.4 Å². The zero-order valence-corrected chi connectivity index (χ0v) is 14.8. The van der Waals surface area contributed by atoms with E-state index in [1.165, 1.54) is 0 Å². The van der Waals surface area contributed by atoms with Crippen LogP contribution in [0.1, 0.15) is 31.5 Å². The number of aryl methyl sites for hydroxylation is 1. The molecule has 0 aliphatic carbocycles. The Morgan fingerprint density at radius 1 is 1.42 bits per heavy atom. The summed E-state index contributed by atoms with van der Waals surface area (Å²) in [7, 11) is 1.91. The molecule has 6 heteroatoms. The number of benzene rings is 1. The Kier molecular flexibility index (Phi) is 6.23. The van der Waals surface area contributed by atoms with Crippen molar-refractivity contribution in [3.8, 4) is 5.75 Å². The number of hydrogen-bond donors (Lipinski definition) is 2. The Bertz CT molecular complexity index is 681. The summed E-state index contributed by atoms with van der Waals surface area (Å²) in [5.74, 6) is 0.758. The number of rotatable bonds is 7. The lowest BCUT2D eigenvalue weighted by Crippen LogP contribution is -2.30. The summed E-state index contributed by atoms with van der Waals surface area (Å²) >= 11 is 0. The third-order valence-electron chi connectivity index (χ3n) is 4.02. The summed E-state index contributed by atoms with van der Waals surface area (Å²) in [5, 5.41) is 9.88. The summed E-state index contributed by atoms with van der Waals surface area (Å²) in [4.78, 5) is 12.0. The predicted molar refractivity (Wildman–Crippen MR) is 95.5 cm³/mol. The second kappa shape index (κ2) is 8.38. The molecule has 24 heavy (non-hydrogen) atoms. The van der Waals surface area contributed by atoms with Crippen LogP contribution < -0.4 is 15.4 Å². The van der Waals surface area contributed by atoms with Gasteiger partial charge in [-0.15, -0.1) is 0 Å². The summed E-state index contributed by atoms with van der Waals surface area (Å²) in [6, 6.07) is 7.20. The van der Waals surface area contributed by atoms with Crippen molar-refractivity contribution in [2.75, 3.05) is 11.9 Å². The van der Waals surface area contributed by atoms with E-state index in [0.717, 1.165) is 29.8 Å². The molecule has 130 valence electrons. The molecule has 2 aromatic rings. The van der Waals surface area contributed by atoms with E-state index in [1.807, 2.05) is 56.0 Å².